The second-order valence-electron chi connectivity index (χ2n) is 6.62. The van der Waals surface area contributed by atoms with Crippen LogP contribution < -0.4 is 0 Å². The molecular weight excluding hydrogens is 239 g/mol. The monoisotopic (exact) mass is 260 g/mol. The minimum absolute atomic E-state index is 0.0859. The standard InChI is InChI=1S/C15H21BO3/c1-14(2)15(3,4)19-16(18-14)13-11-8-6-5-7-10(11)9-12(13)17/h5-8,12-13,17H,9H2,1-4H3. The SMILES string of the molecule is CC1(C)OB(C2c3ccccc3CC2O)OC1(C)C. The summed E-state index contributed by atoms with van der Waals surface area (Å²) >= 11 is 0. The van der Waals surface area contributed by atoms with Crippen molar-refractivity contribution in [3.05, 3.63) is 35.4 Å². The Labute approximate surface area is 115 Å². The van der Waals surface area contributed by atoms with Gasteiger partial charge in [-0.1, -0.05) is 24.3 Å². The molecule has 102 valence electrons. The van der Waals surface area contributed by atoms with Gasteiger partial charge in [0.2, 0.25) is 0 Å². The lowest BCUT2D eigenvalue weighted by atomic mass is 9.67. The molecule has 1 aliphatic carbocycles. The first-order valence-corrected chi connectivity index (χ1v) is 6.93. The van der Waals surface area contributed by atoms with Crippen LogP contribution in [0.5, 0.6) is 0 Å². The Hall–Kier alpha value is -0.835. The number of fused-ring (bicyclic) bond motifs is 1. The summed E-state index contributed by atoms with van der Waals surface area (Å²) in [6.45, 7) is 8.17. The Kier molecular flexibility index (Phi) is 2.82. The van der Waals surface area contributed by atoms with Crippen LogP contribution in [-0.2, 0) is 15.7 Å². The fourth-order valence-electron chi connectivity index (χ4n) is 2.97. The van der Waals surface area contributed by atoms with Crippen molar-refractivity contribution in [2.75, 3.05) is 0 Å². The highest BCUT2D eigenvalue weighted by atomic mass is 16.7. The Morgan fingerprint density at radius 2 is 1.68 bits per heavy atom. The zero-order chi connectivity index (χ0) is 13.8. The first-order chi connectivity index (χ1) is 8.82. The third-order valence-electron chi connectivity index (χ3n) is 4.82. The Balaban J connectivity index is 1.93. The van der Waals surface area contributed by atoms with Crippen LogP contribution in [0.15, 0.2) is 24.3 Å². The summed E-state index contributed by atoms with van der Waals surface area (Å²) in [5.41, 5.74) is 1.66. The molecule has 0 aromatic heterocycles. The highest BCUT2D eigenvalue weighted by Gasteiger charge is 2.56. The molecule has 0 saturated carbocycles. The fourth-order valence-corrected chi connectivity index (χ4v) is 2.97. The molecule has 1 aliphatic heterocycles. The summed E-state index contributed by atoms with van der Waals surface area (Å²) in [5.74, 6) is -0.0859. The van der Waals surface area contributed by atoms with Gasteiger partial charge in [-0.3, -0.25) is 0 Å². The molecule has 2 atom stereocenters. The van der Waals surface area contributed by atoms with E-state index < -0.39 is 6.10 Å². The summed E-state index contributed by atoms with van der Waals surface area (Å²) in [6, 6.07) is 8.17. The molecule has 3 nitrogen and oxygen atoms in total. The maximum absolute atomic E-state index is 10.4. The van der Waals surface area contributed by atoms with Crippen LogP contribution in [-0.4, -0.2) is 29.5 Å². The molecule has 0 radical (unpaired) electrons. The van der Waals surface area contributed by atoms with Crippen LogP contribution in [0.1, 0.15) is 44.6 Å². The van der Waals surface area contributed by atoms with Crippen LogP contribution in [0.2, 0.25) is 0 Å². The van der Waals surface area contributed by atoms with Crippen molar-refractivity contribution in [3.63, 3.8) is 0 Å². The molecule has 1 aromatic carbocycles. The lowest BCUT2D eigenvalue weighted by Crippen LogP contribution is -2.41. The lowest BCUT2D eigenvalue weighted by molar-refractivity contribution is 0.00578. The molecule has 0 amide bonds. The van der Waals surface area contributed by atoms with E-state index in [0.29, 0.717) is 6.42 Å². The van der Waals surface area contributed by atoms with E-state index in [4.69, 9.17) is 9.31 Å². The van der Waals surface area contributed by atoms with Gasteiger partial charge >= 0.3 is 7.12 Å². The van der Waals surface area contributed by atoms with Crippen molar-refractivity contribution in [2.45, 2.75) is 57.2 Å². The zero-order valence-corrected chi connectivity index (χ0v) is 12.0. The molecule has 1 heterocycles. The second kappa shape index (κ2) is 4.08. The van der Waals surface area contributed by atoms with Crippen molar-refractivity contribution in [1.29, 1.82) is 0 Å². The van der Waals surface area contributed by atoms with Gasteiger partial charge in [-0.25, -0.2) is 0 Å². The van der Waals surface area contributed by atoms with Gasteiger partial charge in [0.1, 0.15) is 0 Å². The molecular formula is C15H21BO3. The van der Waals surface area contributed by atoms with E-state index in [9.17, 15) is 5.11 Å². The molecule has 1 fully saturated rings. The average Bonchev–Trinajstić information content (AvgIpc) is 2.72. The van der Waals surface area contributed by atoms with E-state index in [1.165, 1.54) is 5.56 Å². The number of aliphatic hydroxyl groups excluding tert-OH is 1. The summed E-state index contributed by atoms with van der Waals surface area (Å²) in [7, 11) is -0.372. The quantitative estimate of drug-likeness (QED) is 0.787. The molecule has 0 bridgehead atoms. The number of benzene rings is 1. The summed E-state index contributed by atoms with van der Waals surface area (Å²) in [6.07, 6.45) is 0.261. The predicted octanol–water partition coefficient (Wildman–Crippen LogP) is 2.32. The van der Waals surface area contributed by atoms with E-state index in [-0.39, 0.29) is 24.1 Å². The highest BCUT2D eigenvalue weighted by molar-refractivity contribution is 6.48. The van der Waals surface area contributed by atoms with Crippen LogP contribution in [0.25, 0.3) is 0 Å². The van der Waals surface area contributed by atoms with Gasteiger partial charge in [0.25, 0.3) is 0 Å². The Morgan fingerprint density at radius 1 is 1.11 bits per heavy atom. The van der Waals surface area contributed by atoms with Gasteiger partial charge in [0.15, 0.2) is 0 Å². The minimum Gasteiger partial charge on any atom is -0.403 e. The van der Waals surface area contributed by atoms with E-state index in [0.717, 1.165) is 5.56 Å². The number of rotatable bonds is 1. The first-order valence-electron chi connectivity index (χ1n) is 6.93. The molecule has 0 spiro atoms. The molecule has 1 saturated heterocycles. The van der Waals surface area contributed by atoms with E-state index >= 15 is 0 Å². The summed E-state index contributed by atoms with van der Waals surface area (Å²) < 4.78 is 12.2. The third-order valence-corrected chi connectivity index (χ3v) is 4.82. The minimum atomic E-state index is -0.424. The molecule has 1 aromatic rings. The largest absolute Gasteiger partial charge is 0.468 e. The maximum Gasteiger partial charge on any atom is 0.468 e. The van der Waals surface area contributed by atoms with Gasteiger partial charge in [0.05, 0.1) is 17.3 Å². The normalized spacial score (nSPS) is 31.5. The Morgan fingerprint density at radius 3 is 2.32 bits per heavy atom. The van der Waals surface area contributed by atoms with E-state index in [1.807, 2.05) is 39.8 Å². The van der Waals surface area contributed by atoms with Crippen LogP contribution in [0, 0.1) is 0 Å². The van der Waals surface area contributed by atoms with Crippen LogP contribution in [0.4, 0.5) is 0 Å². The maximum atomic E-state index is 10.4. The van der Waals surface area contributed by atoms with Crippen molar-refractivity contribution in [2.24, 2.45) is 0 Å². The van der Waals surface area contributed by atoms with E-state index in [1.54, 1.807) is 0 Å². The van der Waals surface area contributed by atoms with E-state index in [2.05, 4.69) is 12.1 Å². The number of hydrogen-bond acceptors (Lipinski definition) is 3. The van der Waals surface area contributed by atoms with Gasteiger partial charge in [-0.2, -0.15) is 0 Å². The predicted molar refractivity (Wildman–Crippen MR) is 75.0 cm³/mol. The summed E-state index contributed by atoms with van der Waals surface area (Å²) in [5, 5.41) is 10.4. The van der Waals surface area contributed by atoms with Gasteiger partial charge in [-0.15, -0.1) is 0 Å². The average molecular weight is 260 g/mol. The molecule has 3 rings (SSSR count). The van der Waals surface area contributed by atoms with Crippen molar-refractivity contribution in [1.82, 2.24) is 0 Å². The van der Waals surface area contributed by atoms with Gasteiger partial charge in [-0.05, 0) is 45.2 Å². The topological polar surface area (TPSA) is 38.7 Å². The van der Waals surface area contributed by atoms with Gasteiger partial charge < -0.3 is 14.4 Å². The highest BCUT2D eigenvalue weighted by Crippen LogP contribution is 2.44. The fraction of sp³-hybridized carbons (Fsp3) is 0.600. The summed E-state index contributed by atoms with van der Waals surface area (Å²) in [4.78, 5) is 0. The smallest absolute Gasteiger partial charge is 0.403 e. The van der Waals surface area contributed by atoms with Gasteiger partial charge in [0, 0.05) is 5.82 Å². The molecule has 2 unspecified atom stereocenters. The van der Waals surface area contributed by atoms with Crippen LogP contribution >= 0.6 is 0 Å². The van der Waals surface area contributed by atoms with Crippen LogP contribution in [0.3, 0.4) is 0 Å². The van der Waals surface area contributed by atoms with Crippen molar-refractivity contribution in [3.8, 4) is 0 Å². The zero-order valence-electron chi connectivity index (χ0n) is 12.0. The second-order valence-corrected chi connectivity index (χ2v) is 6.62. The molecule has 19 heavy (non-hydrogen) atoms. The molecule has 1 N–H and O–H groups in total. The molecule has 4 heteroatoms. The van der Waals surface area contributed by atoms with Crippen molar-refractivity contribution < 1.29 is 14.4 Å². The van der Waals surface area contributed by atoms with Crippen molar-refractivity contribution >= 4 is 7.12 Å². The Bertz CT molecular complexity index is 482. The number of aliphatic hydroxyl groups is 1. The lowest BCUT2D eigenvalue weighted by Gasteiger charge is -2.32. The third kappa shape index (κ3) is 1.94. The number of hydrogen-bond donors (Lipinski definition) is 1. The first kappa shape index (κ1) is 13.2. The molecule has 2 aliphatic rings.